The molecule has 1 saturated carbocycles. The van der Waals surface area contributed by atoms with Gasteiger partial charge in [0.15, 0.2) is 0 Å². The van der Waals surface area contributed by atoms with Crippen molar-refractivity contribution in [3.8, 4) is 0 Å². The Balaban J connectivity index is 1.95. The number of amides is 1. The van der Waals surface area contributed by atoms with Gasteiger partial charge in [0.2, 0.25) is 5.91 Å². The highest BCUT2D eigenvalue weighted by atomic mass is 35.5. The van der Waals surface area contributed by atoms with E-state index in [0.29, 0.717) is 12.6 Å². The van der Waals surface area contributed by atoms with E-state index in [1.54, 1.807) is 0 Å². The van der Waals surface area contributed by atoms with Crippen LogP contribution in [0.3, 0.4) is 0 Å². The maximum Gasteiger partial charge on any atom is 0.237 e. The summed E-state index contributed by atoms with van der Waals surface area (Å²) in [5.41, 5.74) is 1.87. The molecule has 0 saturated heterocycles. The van der Waals surface area contributed by atoms with Crippen molar-refractivity contribution in [2.45, 2.75) is 65.2 Å². The van der Waals surface area contributed by atoms with Crippen molar-refractivity contribution in [1.82, 2.24) is 20.4 Å². The number of halogens is 1. The van der Waals surface area contributed by atoms with E-state index < -0.39 is 0 Å². The maximum atomic E-state index is 11.9. The molecular weight excluding hydrogens is 276 g/mol. The number of hydrogen-bond donors (Lipinski definition) is 2. The first-order valence-electron chi connectivity index (χ1n) is 7.34. The van der Waals surface area contributed by atoms with Crippen LogP contribution in [0, 0.1) is 0 Å². The Morgan fingerprint density at radius 1 is 1.50 bits per heavy atom. The van der Waals surface area contributed by atoms with Crippen molar-refractivity contribution in [2.75, 3.05) is 0 Å². The van der Waals surface area contributed by atoms with Gasteiger partial charge in [0.25, 0.3) is 0 Å². The van der Waals surface area contributed by atoms with Crippen molar-refractivity contribution >= 4 is 17.5 Å². The van der Waals surface area contributed by atoms with Crippen molar-refractivity contribution < 1.29 is 4.79 Å². The SMILES string of the molecule is CCc1nn(CC)c(CNC(C)C(=O)NC2CC2)c1Cl. The fourth-order valence-electron chi connectivity index (χ4n) is 2.08. The standard InChI is InChI=1S/C14H23ClN4O/c1-4-11-13(15)12(19(5-2)18-11)8-16-9(3)14(20)17-10-6-7-10/h9-10,16H,4-8H2,1-3H3,(H,17,20). The molecule has 1 amide bonds. The third-order valence-corrected chi connectivity index (χ3v) is 4.02. The minimum absolute atomic E-state index is 0.0573. The lowest BCUT2D eigenvalue weighted by atomic mass is 10.2. The molecule has 1 aromatic heterocycles. The van der Waals surface area contributed by atoms with Crippen molar-refractivity contribution in [2.24, 2.45) is 0 Å². The molecule has 1 aromatic rings. The molecule has 2 rings (SSSR count). The monoisotopic (exact) mass is 298 g/mol. The molecule has 0 aliphatic heterocycles. The number of hydrogen-bond acceptors (Lipinski definition) is 3. The summed E-state index contributed by atoms with van der Waals surface area (Å²) < 4.78 is 1.90. The van der Waals surface area contributed by atoms with E-state index in [0.717, 1.165) is 42.2 Å². The third kappa shape index (κ3) is 3.52. The van der Waals surface area contributed by atoms with E-state index in [9.17, 15) is 4.79 Å². The molecule has 0 bridgehead atoms. The van der Waals surface area contributed by atoms with E-state index in [-0.39, 0.29) is 11.9 Å². The lowest BCUT2D eigenvalue weighted by Gasteiger charge is -2.14. The van der Waals surface area contributed by atoms with E-state index in [1.807, 2.05) is 25.5 Å². The van der Waals surface area contributed by atoms with Gasteiger partial charge >= 0.3 is 0 Å². The number of rotatable bonds is 7. The number of carbonyl (C=O) groups is 1. The molecule has 20 heavy (non-hydrogen) atoms. The minimum Gasteiger partial charge on any atom is -0.352 e. The second-order valence-corrected chi connectivity index (χ2v) is 5.64. The Kier molecular flexibility index (Phi) is 5.05. The molecule has 1 fully saturated rings. The Morgan fingerprint density at radius 3 is 2.75 bits per heavy atom. The van der Waals surface area contributed by atoms with Gasteiger partial charge in [0.05, 0.1) is 22.5 Å². The minimum atomic E-state index is -0.225. The Labute approximate surface area is 125 Å². The molecule has 1 unspecified atom stereocenters. The van der Waals surface area contributed by atoms with Crippen LogP contribution < -0.4 is 10.6 Å². The number of nitrogens with zero attached hydrogens (tertiary/aromatic N) is 2. The van der Waals surface area contributed by atoms with Crippen molar-refractivity contribution in [3.63, 3.8) is 0 Å². The highest BCUT2D eigenvalue weighted by Gasteiger charge is 2.25. The van der Waals surface area contributed by atoms with E-state index >= 15 is 0 Å². The van der Waals surface area contributed by atoms with Crippen LogP contribution in [0.15, 0.2) is 0 Å². The summed E-state index contributed by atoms with van der Waals surface area (Å²) in [7, 11) is 0. The fraction of sp³-hybridized carbons (Fsp3) is 0.714. The summed E-state index contributed by atoms with van der Waals surface area (Å²) in [6, 6.07) is 0.167. The molecule has 112 valence electrons. The van der Waals surface area contributed by atoms with E-state index in [2.05, 4.69) is 15.7 Å². The van der Waals surface area contributed by atoms with Crippen LogP contribution in [0.1, 0.15) is 45.0 Å². The number of aromatic nitrogens is 2. The van der Waals surface area contributed by atoms with E-state index in [4.69, 9.17) is 11.6 Å². The van der Waals surface area contributed by atoms with Crippen LogP contribution in [0.25, 0.3) is 0 Å². The number of carbonyl (C=O) groups excluding carboxylic acids is 1. The predicted octanol–water partition coefficient (Wildman–Crippen LogP) is 1.88. The van der Waals surface area contributed by atoms with Gasteiger partial charge < -0.3 is 10.6 Å². The highest BCUT2D eigenvalue weighted by molar-refractivity contribution is 6.31. The zero-order chi connectivity index (χ0) is 14.7. The first kappa shape index (κ1) is 15.3. The van der Waals surface area contributed by atoms with Crippen molar-refractivity contribution in [1.29, 1.82) is 0 Å². The number of aryl methyl sites for hydroxylation is 2. The van der Waals surface area contributed by atoms with Crippen LogP contribution in [0.2, 0.25) is 5.02 Å². The van der Waals surface area contributed by atoms with Crippen molar-refractivity contribution in [3.05, 3.63) is 16.4 Å². The average Bonchev–Trinajstić information content (AvgIpc) is 3.19. The van der Waals surface area contributed by atoms with Crippen LogP contribution in [-0.2, 0) is 24.3 Å². The molecule has 1 heterocycles. The van der Waals surface area contributed by atoms with Gasteiger partial charge in [-0.2, -0.15) is 5.10 Å². The van der Waals surface area contributed by atoms with Crippen LogP contribution >= 0.6 is 11.6 Å². The maximum absolute atomic E-state index is 11.9. The summed E-state index contributed by atoms with van der Waals surface area (Å²) in [4.78, 5) is 11.9. The highest BCUT2D eigenvalue weighted by Crippen LogP contribution is 2.22. The largest absolute Gasteiger partial charge is 0.352 e. The van der Waals surface area contributed by atoms with Gasteiger partial charge in [-0.3, -0.25) is 9.48 Å². The van der Waals surface area contributed by atoms with Gasteiger partial charge in [-0.15, -0.1) is 0 Å². The summed E-state index contributed by atoms with van der Waals surface area (Å²) in [5.74, 6) is 0.0573. The Morgan fingerprint density at radius 2 is 2.20 bits per heavy atom. The average molecular weight is 299 g/mol. The second kappa shape index (κ2) is 6.59. The molecule has 2 N–H and O–H groups in total. The zero-order valence-electron chi connectivity index (χ0n) is 12.4. The van der Waals surface area contributed by atoms with Crippen LogP contribution in [0.5, 0.6) is 0 Å². The summed E-state index contributed by atoms with van der Waals surface area (Å²) >= 11 is 6.34. The molecule has 1 aliphatic carbocycles. The van der Waals surface area contributed by atoms with Gasteiger partial charge in [-0.25, -0.2) is 0 Å². The van der Waals surface area contributed by atoms with Crippen LogP contribution in [0.4, 0.5) is 0 Å². The number of nitrogens with one attached hydrogen (secondary N) is 2. The molecule has 6 heteroatoms. The normalized spacial score (nSPS) is 16.2. The van der Waals surface area contributed by atoms with Gasteiger partial charge in [-0.05, 0) is 33.1 Å². The van der Waals surface area contributed by atoms with Gasteiger partial charge in [-0.1, -0.05) is 18.5 Å². The first-order valence-corrected chi connectivity index (χ1v) is 7.72. The molecule has 0 spiro atoms. The first-order chi connectivity index (χ1) is 9.56. The molecule has 5 nitrogen and oxygen atoms in total. The third-order valence-electron chi connectivity index (χ3n) is 3.59. The van der Waals surface area contributed by atoms with Gasteiger partial charge in [0.1, 0.15) is 0 Å². The lowest BCUT2D eigenvalue weighted by Crippen LogP contribution is -2.42. The molecule has 1 aliphatic rings. The molecule has 0 aromatic carbocycles. The zero-order valence-corrected chi connectivity index (χ0v) is 13.1. The molecule has 0 radical (unpaired) electrons. The topological polar surface area (TPSA) is 59.0 Å². The fourth-order valence-corrected chi connectivity index (χ4v) is 2.42. The molecule has 1 atom stereocenters. The van der Waals surface area contributed by atoms with Gasteiger partial charge in [0, 0.05) is 19.1 Å². The Hall–Kier alpha value is -1.07. The predicted molar refractivity (Wildman–Crippen MR) is 79.8 cm³/mol. The quantitative estimate of drug-likeness (QED) is 0.808. The second-order valence-electron chi connectivity index (χ2n) is 5.26. The summed E-state index contributed by atoms with van der Waals surface area (Å²) in [5, 5.41) is 11.4. The smallest absolute Gasteiger partial charge is 0.237 e. The summed E-state index contributed by atoms with van der Waals surface area (Å²) in [6.07, 6.45) is 3.02. The lowest BCUT2D eigenvalue weighted by molar-refractivity contribution is -0.122. The van der Waals surface area contributed by atoms with E-state index in [1.165, 1.54) is 0 Å². The molecular formula is C14H23ClN4O. The summed E-state index contributed by atoms with van der Waals surface area (Å²) in [6.45, 7) is 7.28. The Bertz CT molecular complexity index is 482. The van der Waals surface area contributed by atoms with Crippen LogP contribution in [-0.4, -0.2) is 27.8 Å².